The van der Waals surface area contributed by atoms with Gasteiger partial charge in [0.25, 0.3) is 0 Å². The van der Waals surface area contributed by atoms with Crippen molar-refractivity contribution >= 4 is 16.1 Å². The molecule has 1 amide bonds. The molecule has 2 aliphatic heterocycles. The first kappa shape index (κ1) is 27.9. The third-order valence-electron chi connectivity index (χ3n) is 7.85. The van der Waals surface area contributed by atoms with Gasteiger partial charge < -0.3 is 24.6 Å². The highest BCUT2D eigenvalue weighted by atomic mass is 32.2. The summed E-state index contributed by atoms with van der Waals surface area (Å²) in [5, 5.41) is 14.3. The fraction of sp³-hybridized carbons (Fsp3) is 0.552. The summed E-state index contributed by atoms with van der Waals surface area (Å²) in [5.41, 5.74) is 1.79. The number of sulfonamides is 1. The minimum absolute atomic E-state index is 0.142. The van der Waals surface area contributed by atoms with Crippen LogP contribution in [0, 0.1) is 5.92 Å². The average Bonchev–Trinajstić information content (AvgIpc) is 3.71. The number of rotatable bonds is 11. The number of hydrogen-bond acceptors (Lipinski definition) is 7. The van der Waals surface area contributed by atoms with Gasteiger partial charge in [0.2, 0.25) is 10.0 Å². The molecule has 0 spiro atoms. The Morgan fingerprint density at radius 2 is 1.90 bits per heavy atom. The van der Waals surface area contributed by atoms with Crippen molar-refractivity contribution in [2.45, 2.75) is 68.1 Å². The third-order valence-corrected chi connectivity index (χ3v) is 9.68. The number of fused-ring (bicyclic) bond motifs is 1. The van der Waals surface area contributed by atoms with E-state index in [1.54, 1.807) is 18.2 Å². The molecule has 2 aromatic rings. The van der Waals surface area contributed by atoms with Crippen LogP contribution in [-0.2, 0) is 32.3 Å². The molecule has 212 valence electrons. The second kappa shape index (κ2) is 12.7. The minimum atomic E-state index is -3.90. The Hall–Kier alpha value is -2.66. The first-order chi connectivity index (χ1) is 18.9. The molecule has 0 bridgehead atoms. The number of aliphatic hydroxyl groups excluding tert-OH is 1. The standard InChI is InChI=1S/C29H38N2O7S/c32-27(26(16-21-6-2-1-3-7-21)30-29(33)38-24-13-14-36-20-24)19-31(18-22-8-4-5-9-22)39(34,35)25-10-11-28-23(17-25)12-15-37-28/h1-3,6-7,10-11,17,22,24,26-27,32H,4-5,8-9,12-16,18-20H2,(H,30,33)/t24-,26-,27+/m0/s1. The predicted molar refractivity (Wildman–Crippen MR) is 145 cm³/mol. The molecule has 2 fully saturated rings. The minimum Gasteiger partial charge on any atom is -0.493 e. The van der Waals surface area contributed by atoms with Gasteiger partial charge in [-0.2, -0.15) is 4.31 Å². The van der Waals surface area contributed by atoms with E-state index in [2.05, 4.69) is 5.32 Å². The van der Waals surface area contributed by atoms with Crippen LogP contribution in [0.5, 0.6) is 5.75 Å². The van der Waals surface area contributed by atoms with Gasteiger partial charge in [-0.25, -0.2) is 13.2 Å². The summed E-state index contributed by atoms with van der Waals surface area (Å²) in [4.78, 5) is 13.0. The fourth-order valence-corrected chi connectivity index (χ4v) is 7.24. The number of ether oxygens (including phenoxy) is 3. The largest absolute Gasteiger partial charge is 0.493 e. The van der Waals surface area contributed by atoms with E-state index < -0.39 is 28.3 Å². The molecule has 10 heteroatoms. The lowest BCUT2D eigenvalue weighted by Crippen LogP contribution is -2.51. The van der Waals surface area contributed by atoms with Crippen molar-refractivity contribution < 1.29 is 32.5 Å². The molecule has 0 radical (unpaired) electrons. The Morgan fingerprint density at radius 3 is 2.64 bits per heavy atom. The molecule has 1 saturated carbocycles. The van der Waals surface area contributed by atoms with E-state index in [0.29, 0.717) is 45.6 Å². The summed E-state index contributed by atoms with van der Waals surface area (Å²) < 4.78 is 45.6. The zero-order chi connectivity index (χ0) is 27.2. The fourth-order valence-electron chi connectivity index (χ4n) is 5.65. The van der Waals surface area contributed by atoms with Crippen LogP contribution < -0.4 is 10.1 Å². The van der Waals surface area contributed by atoms with Gasteiger partial charge in [-0.05, 0) is 54.5 Å². The van der Waals surface area contributed by atoms with Gasteiger partial charge in [0.05, 0.1) is 36.9 Å². The highest BCUT2D eigenvalue weighted by Crippen LogP contribution is 2.31. The highest BCUT2D eigenvalue weighted by Gasteiger charge is 2.34. The predicted octanol–water partition coefficient (Wildman–Crippen LogP) is 3.29. The number of nitrogens with zero attached hydrogens (tertiary/aromatic N) is 1. The molecule has 0 aromatic heterocycles. The molecule has 1 saturated heterocycles. The lowest BCUT2D eigenvalue weighted by atomic mass is 10.0. The summed E-state index contributed by atoms with van der Waals surface area (Å²) >= 11 is 0. The monoisotopic (exact) mass is 558 g/mol. The molecule has 1 aliphatic carbocycles. The summed E-state index contributed by atoms with van der Waals surface area (Å²) in [5.74, 6) is 0.951. The van der Waals surface area contributed by atoms with Crippen LogP contribution in [0.4, 0.5) is 4.79 Å². The molecule has 39 heavy (non-hydrogen) atoms. The van der Waals surface area contributed by atoms with E-state index in [-0.39, 0.29) is 23.5 Å². The van der Waals surface area contributed by atoms with Crippen molar-refractivity contribution in [3.05, 3.63) is 59.7 Å². The van der Waals surface area contributed by atoms with Crippen molar-refractivity contribution in [2.75, 3.05) is 32.9 Å². The van der Waals surface area contributed by atoms with E-state index in [1.165, 1.54) is 4.31 Å². The SMILES string of the molecule is O=C(N[C@@H](Cc1ccccc1)[C@H](O)CN(CC1CCCC1)S(=O)(=O)c1ccc2c(c1)CCO2)O[C@H]1CCOC1. The molecule has 3 aliphatic rings. The van der Waals surface area contributed by atoms with Crippen molar-refractivity contribution in [3.63, 3.8) is 0 Å². The Balaban J connectivity index is 1.36. The smallest absolute Gasteiger partial charge is 0.407 e. The van der Waals surface area contributed by atoms with Gasteiger partial charge in [0.15, 0.2) is 0 Å². The molecule has 2 N–H and O–H groups in total. The Kier molecular flexibility index (Phi) is 9.06. The number of hydrogen-bond donors (Lipinski definition) is 2. The molecule has 5 rings (SSSR count). The molecule has 0 unspecified atom stereocenters. The number of carbonyl (C=O) groups is 1. The van der Waals surface area contributed by atoms with E-state index >= 15 is 0 Å². The number of aliphatic hydroxyl groups is 1. The van der Waals surface area contributed by atoms with Gasteiger partial charge in [-0.1, -0.05) is 43.2 Å². The maximum Gasteiger partial charge on any atom is 0.407 e. The van der Waals surface area contributed by atoms with E-state index in [9.17, 15) is 18.3 Å². The van der Waals surface area contributed by atoms with Gasteiger partial charge >= 0.3 is 6.09 Å². The molecule has 3 atom stereocenters. The Morgan fingerprint density at radius 1 is 1.10 bits per heavy atom. The van der Waals surface area contributed by atoms with Crippen LogP contribution in [0.1, 0.15) is 43.2 Å². The second-order valence-corrected chi connectivity index (χ2v) is 12.7. The summed E-state index contributed by atoms with van der Waals surface area (Å²) in [6.07, 6.45) is 3.55. The van der Waals surface area contributed by atoms with Crippen molar-refractivity contribution in [1.82, 2.24) is 9.62 Å². The molecule has 2 aromatic carbocycles. The number of carbonyl (C=O) groups excluding carboxylic acids is 1. The molecular weight excluding hydrogens is 520 g/mol. The van der Waals surface area contributed by atoms with Crippen LogP contribution >= 0.6 is 0 Å². The van der Waals surface area contributed by atoms with E-state index in [1.807, 2.05) is 30.3 Å². The van der Waals surface area contributed by atoms with Gasteiger partial charge in [-0.15, -0.1) is 0 Å². The van der Waals surface area contributed by atoms with E-state index in [4.69, 9.17) is 14.2 Å². The number of amides is 1. The molecule has 2 heterocycles. The first-order valence-electron chi connectivity index (χ1n) is 13.9. The van der Waals surface area contributed by atoms with Crippen molar-refractivity contribution in [1.29, 1.82) is 0 Å². The maximum atomic E-state index is 13.9. The second-order valence-electron chi connectivity index (χ2n) is 10.7. The number of nitrogens with one attached hydrogen (secondary N) is 1. The summed E-state index contributed by atoms with van der Waals surface area (Å²) in [7, 11) is -3.90. The Labute approximate surface area is 230 Å². The lowest BCUT2D eigenvalue weighted by molar-refractivity contribution is 0.0641. The average molecular weight is 559 g/mol. The van der Waals surface area contributed by atoms with Crippen LogP contribution in [0.25, 0.3) is 0 Å². The third kappa shape index (κ3) is 7.11. The van der Waals surface area contributed by atoms with Gasteiger partial charge in [0, 0.05) is 25.9 Å². The highest BCUT2D eigenvalue weighted by molar-refractivity contribution is 7.89. The normalized spacial score (nSPS) is 20.9. The maximum absolute atomic E-state index is 13.9. The zero-order valence-electron chi connectivity index (χ0n) is 22.2. The summed E-state index contributed by atoms with van der Waals surface area (Å²) in [6.45, 7) is 1.61. The van der Waals surface area contributed by atoms with Crippen LogP contribution in [0.2, 0.25) is 0 Å². The van der Waals surface area contributed by atoms with Crippen LogP contribution in [-0.4, -0.2) is 75.1 Å². The van der Waals surface area contributed by atoms with Crippen LogP contribution in [0.15, 0.2) is 53.4 Å². The van der Waals surface area contributed by atoms with Gasteiger partial charge in [0.1, 0.15) is 11.9 Å². The molecule has 9 nitrogen and oxygen atoms in total. The van der Waals surface area contributed by atoms with E-state index in [0.717, 1.165) is 42.6 Å². The summed E-state index contributed by atoms with van der Waals surface area (Å²) in [6, 6.07) is 13.7. The Bertz CT molecular complexity index is 1210. The molecular formula is C29H38N2O7S. The lowest BCUT2D eigenvalue weighted by Gasteiger charge is -2.31. The first-order valence-corrected chi connectivity index (χ1v) is 15.4. The number of alkyl carbamates (subject to hydrolysis) is 1. The number of benzene rings is 2. The van der Waals surface area contributed by atoms with Gasteiger partial charge in [-0.3, -0.25) is 0 Å². The zero-order valence-corrected chi connectivity index (χ0v) is 23.0. The van der Waals surface area contributed by atoms with Crippen molar-refractivity contribution in [2.24, 2.45) is 5.92 Å². The van der Waals surface area contributed by atoms with Crippen molar-refractivity contribution in [3.8, 4) is 5.75 Å². The topological polar surface area (TPSA) is 114 Å². The van der Waals surface area contributed by atoms with Crippen LogP contribution in [0.3, 0.4) is 0 Å². The quantitative estimate of drug-likeness (QED) is 0.435.